The predicted molar refractivity (Wildman–Crippen MR) is 235 cm³/mol. The molecule has 2 aromatic heterocycles. The van der Waals surface area contributed by atoms with Crippen molar-refractivity contribution in [2.75, 3.05) is 12.5 Å². The number of imidazole rings is 2. The Morgan fingerprint density at radius 1 is 0.609 bits per heavy atom. The van der Waals surface area contributed by atoms with Gasteiger partial charge in [-0.1, -0.05) is 68.3 Å². The smallest absolute Gasteiger partial charge is 0.296 e. The Morgan fingerprint density at radius 3 is 1.25 bits per heavy atom. The summed E-state index contributed by atoms with van der Waals surface area (Å²) < 4.78 is 137. The number of hydrogen-bond donors (Lipinski definition) is 0. The number of halogens is 6. The minimum absolute atomic E-state index is 0.00962. The van der Waals surface area contributed by atoms with Gasteiger partial charge in [0.2, 0.25) is 0 Å². The molecule has 2 fully saturated rings. The Morgan fingerprint density at radius 2 is 0.953 bits per heavy atom. The second-order valence-corrected chi connectivity index (χ2v) is 22.3. The first-order valence-corrected chi connectivity index (χ1v) is 25.9. The lowest BCUT2D eigenvalue weighted by molar-refractivity contribution is -0.221. The van der Waals surface area contributed by atoms with E-state index in [1.807, 2.05) is 0 Å². The van der Waals surface area contributed by atoms with Gasteiger partial charge in [-0.25, -0.2) is 26.4 Å². The van der Waals surface area contributed by atoms with Crippen molar-refractivity contribution in [1.29, 1.82) is 0 Å². The fraction of sp³-hybridized carbons (Fsp3) is 0.286. The molecule has 2 aliphatic rings. The molecule has 2 saturated carbocycles. The van der Waals surface area contributed by atoms with Crippen LogP contribution in [0.5, 0.6) is 0 Å². The first kappa shape index (κ1) is 46.0. The molecule has 22 heteroatoms. The maximum atomic E-state index is 15.5. The highest BCUT2D eigenvalue weighted by molar-refractivity contribution is 9.10. The van der Waals surface area contributed by atoms with Crippen LogP contribution in [0.1, 0.15) is 60.0 Å². The second kappa shape index (κ2) is 17.1. The van der Waals surface area contributed by atoms with Crippen LogP contribution in [0.4, 0.5) is 17.6 Å². The largest absolute Gasteiger partial charge is 0.710 e. The monoisotopic (exact) mass is 1070 g/mol. The van der Waals surface area contributed by atoms with E-state index in [0.717, 1.165) is 50.3 Å². The number of nitrogens with zero attached hydrogens (tertiary/aromatic N) is 4. The molecule has 2 heterocycles. The van der Waals surface area contributed by atoms with E-state index < -0.39 is 51.3 Å². The van der Waals surface area contributed by atoms with Gasteiger partial charge in [-0.05, 0) is 106 Å². The van der Waals surface area contributed by atoms with Crippen LogP contribution in [-0.4, -0.2) is 47.6 Å². The zero-order valence-corrected chi connectivity index (χ0v) is 39.3. The van der Waals surface area contributed by atoms with E-state index >= 15 is 17.6 Å². The molecular formula is C42H36Br2F4N4O9PS2+. The van der Waals surface area contributed by atoms with E-state index in [1.54, 1.807) is 45.8 Å². The van der Waals surface area contributed by atoms with E-state index in [-0.39, 0.29) is 55.3 Å². The number of rotatable bonds is 16. The van der Waals surface area contributed by atoms with Crippen molar-refractivity contribution in [3.05, 3.63) is 149 Å². The predicted octanol–water partition coefficient (Wildman–Crippen LogP) is 9.53. The minimum Gasteiger partial charge on any atom is -0.296 e. The van der Waals surface area contributed by atoms with Gasteiger partial charge in [-0.15, -0.1) is 0 Å². The third-order valence-corrected chi connectivity index (χ3v) is 15.1. The van der Waals surface area contributed by atoms with Gasteiger partial charge in [-0.3, -0.25) is 18.3 Å². The van der Waals surface area contributed by atoms with Crippen LogP contribution >= 0.6 is 40.1 Å². The number of alkyl halides is 4. The van der Waals surface area contributed by atoms with Crippen molar-refractivity contribution in [1.82, 2.24) is 18.3 Å². The van der Waals surface area contributed by atoms with Crippen LogP contribution in [0.2, 0.25) is 0 Å². The van der Waals surface area contributed by atoms with Crippen LogP contribution < -0.4 is 11.4 Å². The molecule has 336 valence electrons. The molecule has 13 nitrogen and oxygen atoms in total. The molecular weight excluding hydrogens is 1040 g/mol. The van der Waals surface area contributed by atoms with E-state index in [2.05, 4.69) is 40.9 Å². The lowest BCUT2D eigenvalue weighted by Gasteiger charge is -2.16. The Bertz CT molecular complexity index is 2970. The van der Waals surface area contributed by atoms with E-state index in [4.69, 9.17) is 0 Å². The molecule has 2 aliphatic carbocycles. The Hall–Kier alpha value is -4.50. The summed E-state index contributed by atoms with van der Waals surface area (Å²) in [4.78, 5) is 27.2. The summed E-state index contributed by atoms with van der Waals surface area (Å²) in [7, 11) is -11.1. The van der Waals surface area contributed by atoms with E-state index in [0.29, 0.717) is 33.6 Å². The van der Waals surface area contributed by atoms with Gasteiger partial charge < -0.3 is 0 Å². The average Bonchev–Trinajstić information content (AvgIpc) is 4.15. The third-order valence-electron chi connectivity index (χ3n) is 10.8. The van der Waals surface area contributed by atoms with Gasteiger partial charge in [0.15, 0.2) is 19.7 Å². The van der Waals surface area contributed by atoms with Crippen LogP contribution in [0.25, 0.3) is 22.5 Å². The third kappa shape index (κ3) is 9.71. The maximum Gasteiger partial charge on any atom is 0.710 e. The van der Waals surface area contributed by atoms with Crippen molar-refractivity contribution in [2.45, 2.75) is 72.9 Å². The summed E-state index contributed by atoms with van der Waals surface area (Å²) in [6.45, 7) is -0.174. The van der Waals surface area contributed by atoms with Crippen molar-refractivity contribution in [2.24, 2.45) is 0 Å². The molecule has 0 atom stereocenters. The van der Waals surface area contributed by atoms with Gasteiger partial charge in [-0.2, -0.15) is 17.6 Å². The molecule has 0 radical (unpaired) electrons. The van der Waals surface area contributed by atoms with Crippen LogP contribution in [0, 0.1) is 0 Å². The van der Waals surface area contributed by atoms with E-state index in [1.165, 1.54) is 57.7 Å². The molecule has 0 N–H and O–H groups in total. The van der Waals surface area contributed by atoms with Crippen LogP contribution in [0.15, 0.2) is 126 Å². The van der Waals surface area contributed by atoms with E-state index in [9.17, 15) is 31.0 Å². The highest BCUT2D eigenvalue weighted by atomic mass is 79.9. The molecule has 64 heavy (non-hydrogen) atoms. The number of sulfone groups is 2. The molecule has 8 rings (SSSR count). The molecule has 0 aliphatic heterocycles. The van der Waals surface area contributed by atoms with Gasteiger partial charge in [0, 0.05) is 50.5 Å². The topological polar surface area (TPSA) is 158 Å². The minimum atomic E-state index is -4.41. The number of hydrogen-bond acceptors (Lipinski definition) is 9. The highest BCUT2D eigenvalue weighted by Gasteiger charge is 2.53. The summed E-state index contributed by atoms with van der Waals surface area (Å²) in [5.41, 5.74) is 0.317. The summed E-state index contributed by atoms with van der Waals surface area (Å²) in [5.74, 6) is 0. The molecule has 0 amide bonds. The van der Waals surface area contributed by atoms with Crippen molar-refractivity contribution >= 4 is 59.8 Å². The van der Waals surface area contributed by atoms with Gasteiger partial charge >= 0.3 is 31.9 Å². The zero-order chi connectivity index (χ0) is 46.1. The molecule has 0 saturated heterocycles. The first-order chi connectivity index (χ1) is 30.0. The van der Waals surface area contributed by atoms with Crippen molar-refractivity contribution in [3.8, 4) is 22.5 Å². The lowest BCUT2D eigenvalue weighted by atomic mass is 10.1. The summed E-state index contributed by atoms with van der Waals surface area (Å²) in [5, 5.41) is 0. The fourth-order valence-electron chi connectivity index (χ4n) is 7.19. The fourth-order valence-corrected chi connectivity index (χ4v) is 10.4. The number of benzene rings is 4. The van der Waals surface area contributed by atoms with Crippen molar-refractivity contribution < 1.29 is 48.0 Å². The SMILES string of the molecule is CS(=O)(=O)c1ccc(-c2cn(C3CC3)c(=O)n2Cc2ccc(C(F)(F)O[P+](=O)OC(F)(F)c3ccc(Cn4c(-c5ccc(S(C)(=O)=O)cc5)cn(C5CC5)c4=O)cc3Br)c(Br)c2)cc1. The second-order valence-electron chi connectivity index (χ2n) is 15.7. The summed E-state index contributed by atoms with van der Waals surface area (Å²) in [6.07, 6.45) is -0.157. The van der Waals surface area contributed by atoms with Gasteiger partial charge in [0.05, 0.1) is 45.4 Å². The molecule has 4 aromatic carbocycles. The van der Waals surface area contributed by atoms with Crippen molar-refractivity contribution in [3.63, 3.8) is 0 Å². The zero-order valence-electron chi connectivity index (χ0n) is 33.6. The molecule has 0 unspecified atom stereocenters. The maximum absolute atomic E-state index is 15.5. The van der Waals surface area contributed by atoms with Crippen LogP contribution in [-0.2, 0) is 58.6 Å². The Balaban J connectivity index is 0.965. The quantitative estimate of drug-likeness (QED) is 0.0680. The lowest BCUT2D eigenvalue weighted by Crippen LogP contribution is -2.25. The first-order valence-electron chi connectivity index (χ1n) is 19.4. The standard InChI is InChI=1S/C42H36Br2F4N4O9PS2/c1-63(56,57)31-13-5-27(6-14-31)37-23-49(29-9-10-29)39(53)51(37)21-25-3-17-33(35(43)19-25)41(45,46)60-62(55)61-42(47,48)34-18-4-26(20-36(34)44)22-52-38(24-50(40(52)54)30-11-12-30)28-7-15-32(16-8-28)64(2,58)59/h3-8,13-20,23-24,29-30H,9-12,21-22H2,1-2H3/q+1. The average molecular weight is 1070 g/mol. The van der Waals surface area contributed by atoms with Gasteiger partial charge in [0.1, 0.15) is 0 Å². The summed E-state index contributed by atoms with van der Waals surface area (Å²) in [6, 6.07) is 18.9. The Kier molecular flexibility index (Phi) is 12.3. The number of aromatic nitrogens is 4. The highest BCUT2D eigenvalue weighted by Crippen LogP contribution is 2.49. The molecule has 0 bridgehead atoms. The van der Waals surface area contributed by atoms with Gasteiger partial charge in [0.25, 0.3) is 0 Å². The normalized spacial score (nSPS) is 14.9. The molecule has 6 aromatic rings. The molecule has 0 spiro atoms. The summed E-state index contributed by atoms with van der Waals surface area (Å²) >= 11 is 6.14. The van der Waals surface area contributed by atoms with Crippen LogP contribution in [0.3, 0.4) is 0 Å². The Labute approximate surface area is 381 Å².